The van der Waals surface area contributed by atoms with Crippen LogP contribution >= 0.6 is 23.4 Å². The Morgan fingerprint density at radius 3 is 2.86 bits per heavy atom. The molecule has 0 spiro atoms. The van der Waals surface area contributed by atoms with Gasteiger partial charge in [0.05, 0.1) is 0 Å². The van der Waals surface area contributed by atoms with E-state index in [9.17, 15) is 4.79 Å². The molecule has 1 aliphatic rings. The quantitative estimate of drug-likeness (QED) is 0.784. The molecule has 0 saturated heterocycles. The van der Waals surface area contributed by atoms with Gasteiger partial charge in [-0.3, -0.25) is 4.79 Å². The summed E-state index contributed by atoms with van der Waals surface area (Å²) in [7, 11) is 0. The number of aromatic nitrogens is 1. The zero-order valence-electron chi connectivity index (χ0n) is 12.2. The van der Waals surface area contributed by atoms with Crippen LogP contribution in [0, 0.1) is 5.92 Å². The van der Waals surface area contributed by atoms with E-state index < -0.39 is 0 Å². The summed E-state index contributed by atoms with van der Waals surface area (Å²) >= 11 is 8.00. The second-order valence-corrected chi connectivity index (χ2v) is 7.28. The minimum Gasteiger partial charge on any atom is -0.322 e. The Balaban J connectivity index is 2.07. The summed E-state index contributed by atoms with van der Waals surface area (Å²) in [5.41, 5.74) is 1.87. The monoisotopic (exact) mass is 321 g/mol. The zero-order chi connectivity index (χ0) is 14.8. The fourth-order valence-electron chi connectivity index (χ4n) is 2.78. The average molecular weight is 322 g/mol. The van der Waals surface area contributed by atoms with Crippen LogP contribution in [0.15, 0.2) is 27.9 Å². The van der Waals surface area contributed by atoms with Gasteiger partial charge in [0, 0.05) is 32.1 Å². The number of pyridine rings is 1. The van der Waals surface area contributed by atoms with Crippen LogP contribution in [0.4, 0.5) is 0 Å². The minimum absolute atomic E-state index is 0.0581. The molecular weight excluding hydrogens is 302 g/mol. The van der Waals surface area contributed by atoms with Crippen LogP contribution in [0.25, 0.3) is 10.9 Å². The lowest BCUT2D eigenvalue weighted by Gasteiger charge is -2.25. The summed E-state index contributed by atoms with van der Waals surface area (Å²) in [6.07, 6.45) is 5.82. The smallest absolute Gasteiger partial charge is 0.252 e. The van der Waals surface area contributed by atoms with E-state index in [2.05, 4.69) is 11.9 Å². The number of fused-ring (bicyclic) bond motifs is 1. The standard InChI is InChI=1S/C17H20ClNOS/c1-2-4-13-16(21-10-11-5-3-6-11)14-9-12(18)7-8-15(14)19-17(13)20/h7-9,11H,2-6,10H2,1H3,(H,19,20). The lowest BCUT2D eigenvalue weighted by molar-refractivity contribution is 0.353. The third-order valence-corrected chi connectivity index (χ3v) is 5.84. The predicted molar refractivity (Wildman–Crippen MR) is 91.6 cm³/mol. The summed E-state index contributed by atoms with van der Waals surface area (Å²) in [5.74, 6) is 1.93. The largest absolute Gasteiger partial charge is 0.322 e. The molecule has 4 heteroatoms. The molecule has 21 heavy (non-hydrogen) atoms. The maximum atomic E-state index is 12.4. The number of H-pyrrole nitrogens is 1. The van der Waals surface area contributed by atoms with Gasteiger partial charge in [-0.15, -0.1) is 11.8 Å². The molecule has 1 aromatic heterocycles. The van der Waals surface area contributed by atoms with Gasteiger partial charge in [-0.1, -0.05) is 31.4 Å². The number of benzene rings is 1. The van der Waals surface area contributed by atoms with Crippen molar-refractivity contribution < 1.29 is 0 Å². The van der Waals surface area contributed by atoms with Crippen LogP contribution in [0.3, 0.4) is 0 Å². The molecule has 1 N–H and O–H groups in total. The summed E-state index contributed by atoms with van der Waals surface area (Å²) < 4.78 is 0. The highest BCUT2D eigenvalue weighted by Crippen LogP contribution is 2.36. The number of aromatic amines is 1. The molecule has 1 aromatic carbocycles. The third kappa shape index (κ3) is 3.14. The second-order valence-electron chi connectivity index (χ2n) is 5.81. The maximum absolute atomic E-state index is 12.4. The Hall–Kier alpha value is -0.930. The van der Waals surface area contributed by atoms with E-state index in [1.807, 2.05) is 30.0 Å². The summed E-state index contributed by atoms with van der Waals surface area (Å²) in [4.78, 5) is 16.5. The number of rotatable bonds is 5. The van der Waals surface area contributed by atoms with Gasteiger partial charge in [-0.05, 0) is 43.4 Å². The van der Waals surface area contributed by atoms with E-state index in [0.717, 1.165) is 50.9 Å². The van der Waals surface area contributed by atoms with Crippen molar-refractivity contribution in [2.45, 2.75) is 43.9 Å². The lowest BCUT2D eigenvalue weighted by Crippen LogP contribution is -2.16. The molecule has 0 bridgehead atoms. The van der Waals surface area contributed by atoms with Crippen molar-refractivity contribution in [2.75, 3.05) is 5.75 Å². The first-order valence-electron chi connectivity index (χ1n) is 7.66. The number of nitrogens with one attached hydrogen (secondary N) is 1. The fourth-order valence-corrected chi connectivity index (χ4v) is 4.38. The topological polar surface area (TPSA) is 32.9 Å². The number of hydrogen-bond acceptors (Lipinski definition) is 2. The van der Waals surface area contributed by atoms with Crippen molar-refractivity contribution in [3.05, 3.63) is 39.1 Å². The van der Waals surface area contributed by atoms with Crippen LogP contribution in [-0.4, -0.2) is 10.7 Å². The maximum Gasteiger partial charge on any atom is 0.252 e. The van der Waals surface area contributed by atoms with Gasteiger partial charge in [0.25, 0.3) is 5.56 Å². The number of hydrogen-bond donors (Lipinski definition) is 1. The summed E-state index contributed by atoms with van der Waals surface area (Å²) in [5, 5.41) is 1.82. The average Bonchev–Trinajstić information content (AvgIpc) is 2.41. The Bertz CT molecular complexity index is 706. The summed E-state index contributed by atoms with van der Waals surface area (Å²) in [6, 6.07) is 5.72. The van der Waals surface area contributed by atoms with E-state index in [4.69, 9.17) is 11.6 Å². The van der Waals surface area contributed by atoms with Gasteiger partial charge in [0.15, 0.2) is 0 Å². The molecule has 2 nitrogen and oxygen atoms in total. The van der Waals surface area contributed by atoms with E-state index in [1.165, 1.54) is 19.3 Å². The summed E-state index contributed by atoms with van der Waals surface area (Å²) in [6.45, 7) is 2.11. The highest BCUT2D eigenvalue weighted by Gasteiger charge is 2.20. The molecule has 112 valence electrons. The first kappa shape index (κ1) is 15.0. The van der Waals surface area contributed by atoms with Gasteiger partial charge >= 0.3 is 0 Å². The normalized spacial score (nSPS) is 15.3. The molecule has 1 heterocycles. The second kappa shape index (κ2) is 6.45. The Morgan fingerprint density at radius 1 is 1.38 bits per heavy atom. The predicted octanol–water partition coefficient (Wildman–Crippen LogP) is 5.03. The molecule has 0 amide bonds. The molecule has 0 unspecified atom stereocenters. The van der Waals surface area contributed by atoms with E-state index >= 15 is 0 Å². The molecule has 1 saturated carbocycles. The molecule has 3 rings (SSSR count). The van der Waals surface area contributed by atoms with Crippen LogP contribution in [-0.2, 0) is 6.42 Å². The Labute approximate surface area is 134 Å². The highest BCUT2D eigenvalue weighted by molar-refractivity contribution is 7.99. The molecule has 0 atom stereocenters. The van der Waals surface area contributed by atoms with Crippen molar-refractivity contribution in [2.24, 2.45) is 5.92 Å². The van der Waals surface area contributed by atoms with Crippen LogP contribution < -0.4 is 5.56 Å². The van der Waals surface area contributed by atoms with Gasteiger partial charge in [-0.25, -0.2) is 0 Å². The van der Waals surface area contributed by atoms with Crippen LogP contribution in [0.1, 0.15) is 38.2 Å². The van der Waals surface area contributed by atoms with Crippen LogP contribution in [0.2, 0.25) is 5.02 Å². The fraction of sp³-hybridized carbons (Fsp3) is 0.471. The number of halogens is 1. The van der Waals surface area contributed by atoms with Gasteiger partial charge in [-0.2, -0.15) is 0 Å². The van der Waals surface area contributed by atoms with Crippen molar-refractivity contribution in [1.29, 1.82) is 0 Å². The van der Waals surface area contributed by atoms with E-state index in [0.29, 0.717) is 0 Å². The molecule has 1 aliphatic carbocycles. The molecule has 0 radical (unpaired) electrons. The van der Waals surface area contributed by atoms with E-state index in [1.54, 1.807) is 0 Å². The van der Waals surface area contributed by atoms with Gasteiger partial charge < -0.3 is 4.98 Å². The van der Waals surface area contributed by atoms with Crippen molar-refractivity contribution >= 4 is 34.3 Å². The van der Waals surface area contributed by atoms with Crippen molar-refractivity contribution in [1.82, 2.24) is 4.98 Å². The van der Waals surface area contributed by atoms with Crippen LogP contribution in [0.5, 0.6) is 0 Å². The first-order chi connectivity index (χ1) is 10.2. The van der Waals surface area contributed by atoms with Gasteiger partial charge in [0.2, 0.25) is 0 Å². The third-order valence-electron chi connectivity index (χ3n) is 4.21. The number of thioether (sulfide) groups is 1. The van der Waals surface area contributed by atoms with Crippen molar-refractivity contribution in [3.63, 3.8) is 0 Å². The van der Waals surface area contributed by atoms with Crippen molar-refractivity contribution in [3.8, 4) is 0 Å². The molecule has 0 aliphatic heterocycles. The first-order valence-corrected chi connectivity index (χ1v) is 9.02. The molecule has 2 aromatic rings. The highest BCUT2D eigenvalue weighted by atomic mass is 35.5. The molecule has 1 fully saturated rings. The Kier molecular flexibility index (Phi) is 4.60. The Morgan fingerprint density at radius 2 is 2.19 bits per heavy atom. The lowest BCUT2D eigenvalue weighted by atomic mass is 9.87. The van der Waals surface area contributed by atoms with Gasteiger partial charge in [0.1, 0.15) is 0 Å². The minimum atomic E-state index is 0.0581. The molecular formula is C17H20ClNOS. The SMILES string of the molecule is CCCc1c(SCC2CCC2)c2cc(Cl)ccc2[nH]c1=O. The van der Waals surface area contributed by atoms with E-state index in [-0.39, 0.29) is 5.56 Å². The zero-order valence-corrected chi connectivity index (χ0v) is 13.8.